The minimum Gasteiger partial charge on any atom is -0.458 e. The molecule has 2 atom stereocenters. The molecule has 1 fully saturated rings. The molecular formula is C22H42N2O3Si. The predicted molar refractivity (Wildman–Crippen MR) is 117 cm³/mol. The first-order valence-corrected chi connectivity index (χ1v) is 13.7. The van der Waals surface area contributed by atoms with Gasteiger partial charge in [-0.05, 0) is 64.6 Å². The van der Waals surface area contributed by atoms with E-state index in [0.717, 1.165) is 32.4 Å². The van der Waals surface area contributed by atoms with Crippen LogP contribution >= 0.6 is 0 Å². The van der Waals surface area contributed by atoms with Crippen LogP contribution in [0.5, 0.6) is 0 Å². The van der Waals surface area contributed by atoms with Crippen molar-refractivity contribution in [3.8, 4) is 6.07 Å². The molecule has 0 bridgehead atoms. The number of esters is 1. The molecule has 1 aliphatic rings. The summed E-state index contributed by atoms with van der Waals surface area (Å²) in [5.74, 6) is -0.515. The standard InChI is InChI=1S/C22H42N2O3Si/c1-10-18(13-16-26-28(8,9)21(5,6)7)22(17-23,24-14-11-12-15-24)19(25)27-20(2,3)4/h18H,10-16H2,1-9H3/t18-,22?/m1/s1. The maximum absolute atomic E-state index is 13.3. The lowest BCUT2D eigenvalue weighted by molar-refractivity contribution is -0.169. The summed E-state index contributed by atoms with van der Waals surface area (Å²) < 4.78 is 12.1. The zero-order valence-electron chi connectivity index (χ0n) is 19.6. The summed E-state index contributed by atoms with van der Waals surface area (Å²) in [6, 6.07) is 2.42. The summed E-state index contributed by atoms with van der Waals surface area (Å²) >= 11 is 0. The van der Waals surface area contributed by atoms with Gasteiger partial charge in [0.15, 0.2) is 8.32 Å². The van der Waals surface area contributed by atoms with Gasteiger partial charge >= 0.3 is 5.97 Å². The zero-order chi connectivity index (χ0) is 21.8. The molecule has 1 aliphatic heterocycles. The van der Waals surface area contributed by atoms with Gasteiger partial charge in [0.25, 0.3) is 0 Å². The molecule has 0 aromatic rings. The number of nitriles is 1. The summed E-state index contributed by atoms with van der Waals surface area (Å²) in [6.45, 7) is 20.9. The van der Waals surface area contributed by atoms with Gasteiger partial charge in [-0.3, -0.25) is 4.90 Å². The van der Waals surface area contributed by atoms with E-state index in [1.54, 1.807) is 0 Å². The summed E-state index contributed by atoms with van der Waals surface area (Å²) in [5.41, 5.74) is -1.84. The lowest BCUT2D eigenvalue weighted by Crippen LogP contribution is -2.59. The minimum atomic E-state index is -1.86. The Bertz CT molecular complexity index is 566. The Hall–Kier alpha value is -0.903. The Morgan fingerprint density at radius 3 is 2.07 bits per heavy atom. The predicted octanol–water partition coefficient (Wildman–Crippen LogP) is 5.12. The van der Waals surface area contributed by atoms with Gasteiger partial charge in [-0.2, -0.15) is 5.26 Å². The van der Waals surface area contributed by atoms with Crippen molar-refractivity contribution in [2.75, 3.05) is 19.7 Å². The van der Waals surface area contributed by atoms with Crippen LogP contribution in [-0.2, 0) is 14.0 Å². The molecule has 1 saturated heterocycles. The molecule has 1 rings (SSSR count). The lowest BCUT2D eigenvalue weighted by Gasteiger charge is -2.42. The SMILES string of the molecule is CC[C@H](CCO[Si](C)(C)C(C)(C)C)C(C#N)(C(=O)OC(C)(C)C)N1CCCC1. The molecule has 1 unspecified atom stereocenters. The first kappa shape index (κ1) is 25.1. The van der Waals surface area contributed by atoms with Crippen LogP contribution in [-0.4, -0.2) is 50.0 Å². The molecular weight excluding hydrogens is 368 g/mol. The highest BCUT2D eigenvalue weighted by Gasteiger charge is 2.53. The van der Waals surface area contributed by atoms with Crippen LogP contribution in [0.4, 0.5) is 0 Å². The number of nitrogens with zero attached hydrogens (tertiary/aromatic N) is 2. The maximum atomic E-state index is 13.3. The van der Waals surface area contributed by atoms with E-state index in [-0.39, 0.29) is 11.0 Å². The second-order valence-corrected chi connectivity index (χ2v) is 15.4. The van der Waals surface area contributed by atoms with Gasteiger partial charge < -0.3 is 9.16 Å². The molecule has 0 aromatic carbocycles. The Balaban J connectivity index is 3.09. The van der Waals surface area contributed by atoms with E-state index in [9.17, 15) is 10.1 Å². The third-order valence-electron chi connectivity index (χ3n) is 6.30. The molecule has 5 nitrogen and oxygen atoms in total. The van der Waals surface area contributed by atoms with Crippen LogP contribution in [0.15, 0.2) is 0 Å². The summed E-state index contributed by atoms with van der Waals surface area (Å²) in [4.78, 5) is 15.4. The van der Waals surface area contributed by atoms with E-state index in [0.29, 0.717) is 13.0 Å². The van der Waals surface area contributed by atoms with Crippen molar-refractivity contribution in [2.24, 2.45) is 5.92 Å². The summed E-state index contributed by atoms with van der Waals surface area (Å²) in [6.07, 6.45) is 3.46. The third kappa shape index (κ3) is 5.81. The van der Waals surface area contributed by atoms with Gasteiger partial charge in [0.1, 0.15) is 5.60 Å². The van der Waals surface area contributed by atoms with Crippen LogP contribution in [0.3, 0.4) is 0 Å². The van der Waals surface area contributed by atoms with Crippen molar-refractivity contribution in [3.05, 3.63) is 0 Å². The van der Waals surface area contributed by atoms with Crippen LogP contribution in [0.1, 0.15) is 74.1 Å². The van der Waals surface area contributed by atoms with Gasteiger partial charge in [0.2, 0.25) is 5.54 Å². The van der Waals surface area contributed by atoms with Crippen molar-refractivity contribution in [3.63, 3.8) is 0 Å². The fourth-order valence-corrected chi connectivity index (χ4v) is 4.63. The number of ether oxygens (including phenoxy) is 1. The highest BCUT2D eigenvalue weighted by atomic mass is 28.4. The quantitative estimate of drug-likeness (QED) is 0.410. The van der Waals surface area contributed by atoms with Crippen molar-refractivity contribution < 1.29 is 14.0 Å². The van der Waals surface area contributed by atoms with Gasteiger partial charge in [-0.1, -0.05) is 27.7 Å². The van der Waals surface area contributed by atoms with E-state index < -0.39 is 25.4 Å². The van der Waals surface area contributed by atoms with Crippen LogP contribution in [0.25, 0.3) is 0 Å². The molecule has 0 spiro atoms. The fourth-order valence-electron chi connectivity index (χ4n) is 3.57. The molecule has 0 amide bonds. The smallest absolute Gasteiger partial charge is 0.342 e. The average Bonchev–Trinajstić information content (AvgIpc) is 3.06. The number of carbonyl (C=O) groups excluding carboxylic acids is 1. The highest BCUT2D eigenvalue weighted by Crippen LogP contribution is 2.39. The van der Waals surface area contributed by atoms with E-state index in [1.165, 1.54) is 0 Å². The Morgan fingerprint density at radius 1 is 1.14 bits per heavy atom. The highest BCUT2D eigenvalue weighted by molar-refractivity contribution is 6.74. The van der Waals surface area contributed by atoms with Crippen molar-refractivity contribution in [2.45, 2.75) is 103 Å². The Kier molecular flexibility index (Phi) is 8.33. The number of hydrogen-bond donors (Lipinski definition) is 0. The first-order valence-electron chi connectivity index (χ1n) is 10.7. The van der Waals surface area contributed by atoms with Gasteiger partial charge in [-0.25, -0.2) is 4.79 Å². The molecule has 6 heteroatoms. The Labute approximate surface area is 173 Å². The molecule has 0 saturated carbocycles. The molecule has 28 heavy (non-hydrogen) atoms. The van der Waals surface area contributed by atoms with E-state index in [4.69, 9.17) is 9.16 Å². The molecule has 0 aliphatic carbocycles. The van der Waals surface area contributed by atoms with Gasteiger partial charge in [-0.15, -0.1) is 0 Å². The normalized spacial score (nSPS) is 19.7. The fraction of sp³-hybridized carbons (Fsp3) is 0.909. The zero-order valence-corrected chi connectivity index (χ0v) is 20.6. The van der Waals surface area contributed by atoms with Gasteiger partial charge in [0, 0.05) is 25.6 Å². The van der Waals surface area contributed by atoms with Crippen molar-refractivity contribution in [1.82, 2.24) is 4.90 Å². The Morgan fingerprint density at radius 2 is 1.68 bits per heavy atom. The van der Waals surface area contributed by atoms with Crippen LogP contribution in [0.2, 0.25) is 18.1 Å². The summed E-state index contributed by atoms with van der Waals surface area (Å²) in [7, 11) is -1.86. The number of hydrogen-bond acceptors (Lipinski definition) is 5. The first-order chi connectivity index (χ1) is 12.7. The van der Waals surface area contributed by atoms with E-state index in [1.807, 2.05) is 20.8 Å². The summed E-state index contributed by atoms with van der Waals surface area (Å²) in [5, 5.41) is 10.4. The molecule has 0 aromatic heterocycles. The average molecular weight is 411 g/mol. The number of carbonyl (C=O) groups is 1. The van der Waals surface area contributed by atoms with Crippen LogP contribution < -0.4 is 0 Å². The van der Waals surface area contributed by atoms with Crippen LogP contribution in [0, 0.1) is 17.2 Å². The maximum Gasteiger partial charge on any atom is 0.342 e. The van der Waals surface area contributed by atoms with Gasteiger partial charge in [0.05, 0.1) is 6.07 Å². The van der Waals surface area contributed by atoms with E-state index in [2.05, 4.69) is 51.8 Å². The minimum absolute atomic E-state index is 0.116. The monoisotopic (exact) mass is 410 g/mol. The second kappa shape index (κ2) is 9.28. The van der Waals surface area contributed by atoms with E-state index >= 15 is 0 Å². The lowest BCUT2D eigenvalue weighted by atomic mass is 9.79. The van der Waals surface area contributed by atoms with Crippen molar-refractivity contribution in [1.29, 1.82) is 5.26 Å². The largest absolute Gasteiger partial charge is 0.458 e. The molecule has 0 N–H and O–H groups in total. The second-order valence-electron chi connectivity index (χ2n) is 10.6. The van der Waals surface area contributed by atoms with Crippen molar-refractivity contribution >= 4 is 14.3 Å². The molecule has 162 valence electrons. The topological polar surface area (TPSA) is 62.6 Å². The number of likely N-dealkylation sites (tertiary alicyclic amines) is 1. The third-order valence-corrected chi connectivity index (χ3v) is 10.8. The molecule has 0 radical (unpaired) electrons. The molecule has 1 heterocycles. The number of rotatable bonds is 8.